The molecule has 0 nitrogen and oxygen atoms in total. The summed E-state index contributed by atoms with van der Waals surface area (Å²) >= 11 is 6.51. The zero-order chi connectivity index (χ0) is 7.11. The molecule has 9 heavy (non-hydrogen) atoms. The third-order valence-electron chi connectivity index (χ3n) is 0.794. The van der Waals surface area contributed by atoms with Crippen LogP contribution >= 0.6 is 24.0 Å². The van der Waals surface area contributed by atoms with Crippen LogP contribution < -0.4 is 0 Å². The molecule has 0 N–H and O–H groups in total. The monoisotopic (exact) mass is 158 g/mol. The van der Waals surface area contributed by atoms with E-state index in [4.69, 9.17) is 12.2 Å². The molecule has 0 fully saturated rings. The second-order valence-corrected chi connectivity index (χ2v) is 2.63. The zero-order valence-corrected chi connectivity index (χ0v) is 7.10. The zero-order valence-electron chi connectivity index (χ0n) is 5.46. The Bertz CT molecular complexity index is 125. The third kappa shape index (κ3) is 4.43. The van der Waals surface area contributed by atoms with Crippen LogP contribution in [0.1, 0.15) is 0 Å². The fraction of sp³-hybridized carbons (Fsp3) is 0.286. The highest BCUT2D eigenvalue weighted by atomic mass is 32.2. The van der Waals surface area contributed by atoms with E-state index in [0.717, 1.165) is 11.3 Å². The van der Waals surface area contributed by atoms with Gasteiger partial charge in [0.2, 0.25) is 0 Å². The molecule has 0 amide bonds. The largest absolute Gasteiger partial charge is 0.161 e. The second-order valence-electron chi connectivity index (χ2n) is 1.53. The first kappa shape index (κ1) is 8.92. The van der Waals surface area contributed by atoms with Gasteiger partial charge in [0.15, 0.2) is 0 Å². The quantitative estimate of drug-likeness (QED) is 0.350. The summed E-state index contributed by atoms with van der Waals surface area (Å²) in [6.45, 7) is 3.58. The maximum absolute atomic E-state index is 4.75. The van der Waals surface area contributed by atoms with Crippen molar-refractivity contribution in [3.8, 4) is 0 Å². The average molecular weight is 158 g/mol. The van der Waals surface area contributed by atoms with Gasteiger partial charge >= 0.3 is 0 Å². The van der Waals surface area contributed by atoms with Gasteiger partial charge in [-0.25, -0.2) is 0 Å². The lowest BCUT2D eigenvalue weighted by Gasteiger charge is -1.92. The fourth-order valence-electron chi connectivity index (χ4n) is 0.439. The molecule has 50 valence electrons. The summed E-state index contributed by atoms with van der Waals surface area (Å²) in [5, 5.41) is 1.69. The fourth-order valence-corrected chi connectivity index (χ4v) is 1.22. The minimum absolute atomic E-state index is 0.982. The summed E-state index contributed by atoms with van der Waals surface area (Å²) < 4.78 is 0. The predicted octanol–water partition coefficient (Wildman–Crippen LogP) is 2.46. The number of allylic oxidation sites excluding steroid dienone is 2. The van der Waals surface area contributed by atoms with Gasteiger partial charge in [-0.3, -0.25) is 0 Å². The molecule has 0 radical (unpaired) electrons. The highest BCUT2D eigenvalue weighted by molar-refractivity contribution is 7.98. The van der Waals surface area contributed by atoms with Gasteiger partial charge < -0.3 is 0 Å². The van der Waals surface area contributed by atoms with Crippen molar-refractivity contribution in [3.63, 3.8) is 0 Å². The normalized spacial score (nSPS) is 11.0. The highest BCUT2D eigenvalue weighted by Crippen LogP contribution is 2.01. The van der Waals surface area contributed by atoms with Crippen molar-refractivity contribution in [2.24, 2.45) is 0 Å². The Kier molecular flexibility index (Phi) is 5.99. The number of thiocarbonyl (C=S) groups is 1. The first-order chi connectivity index (χ1) is 4.35. The maximum Gasteiger partial charge on any atom is 0.0190 e. The molecular weight excluding hydrogens is 148 g/mol. The van der Waals surface area contributed by atoms with Gasteiger partial charge in [0.1, 0.15) is 0 Å². The molecular formula is C7H10S2. The summed E-state index contributed by atoms with van der Waals surface area (Å²) in [4.78, 5) is 0. The van der Waals surface area contributed by atoms with Crippen LogP contribution in [0.3, 0.4) is 0 Å². The van der Waals surface area contributed by atoms with Crippen LogP contribution in [0.25, 0.3) is 0 Å². The molecule has 0 unspecified atom stereocenters. The maximum atomic E-state index is 4.75. The van der Waals surface area contributed by atoms with E-state index in [0.29, 0.717) is 0 Å². The molecule has 0 aromatic carbocycles. The molecule has 0 saturated heterocycles. The number of thioether (sulfide) groups is 1. The van der Waals surface area contributed by atoms with Crippen molar-refractivity contribution < 1.29 is 0 Å². The summed E-state index contributed by atoms with van der Waals surface area (Å²) in [5.41, 5.74) is 1.16. The molecule has 0 rings (SSSR count). The molecule has 0 spiro atoms. The van der Waals surface area contributed by atoms with Gasteiger partial charge in [-0.2, -0.15) is 11.8 Å². The molecule has 0 aromatic rings. The Hall–Kier alpha value is -0.0800. The number of hydrogen-bond acceptors (Lipinski definition) is 2. The van der Waals surface area contributed by atoms with E-state index in [1.54, 1.807) is 23.2 Å². The van der Waals surface area contributed by atoms with E-state index in [1.807, 2.05) is 6.08 Å². The van der Waals surface area contributed by atoms with Crippen molar-refractivity contribution in [1.29, 1.82) is 0 Å². The Morgan fingerprint density at radius 3 is 2.78 bits per heavy atom. The van der Waals surface area contributed by atoms with Crippen LogP contribution in [0.4, 0.5) is 0 Å². The van der Waals surface area contributed by atoms with Crippen LogP contribution in [0.2, 0.25) is 0 Å². The minimum Gasteiger partial charge on any atom is -0.161 e. The van der Waals surface area contributed by atoms with E-state index in [2.05, 4.69) is 12.8 Å². The lowest BCUT2D eigenvalue weighted by atomic mass is 10.3. The third-order valence-corrected chi connectivity index (χ3v) is 1.72. The van der Waals surface area contributed by atoms with E-state index < -0.39 is 0 Å². The molecule has 0 aliphatic carbocycles. The molecule has 0 heterocycles. The van der Waals surface area contributed by atoms with E-state index in [1.165, 1.54) is 0 Å². The number of hydrogen-bond donors (Lipinski definition) is 0. The Morgan fingerprint density at radius 1 is 1.78 bits per heavy atom. The number of rotatable bonds is 4. The van der Waals surface area contributed by atoms with Crippen LogP contribution in [-0.4, -0.2) is 17.4 Å². The van der Waals surface area contributed by atoms with Crippen LogP contribution in [0.15, 0.2) is 24.3 Å². The topological polar surface area (TPSA) is 0 Å². The summed E-state index contributed by atoms with van der Waals surface area (Å²) in [7, 11) is 0. The SMILES string of the molecule is C=C/C=C(\C=S)CSC. The smallest absolute Gasteiger partial charge is 0.0190 e. The first-order valence-corrected chi connectivity index (χ1v) is 4.47. The van der Waals surface area contributed by atoms with Gasteiger partial charge in [0, 0.05) is 11.1 Å². The van der Waals surface area contributed by atoms with E-state index in [-0.39, 0.29) is 0 Å². The molecule has 0 saturated carbocycles. The lowest BCUT2D eigenvalue weighted by molar-refractivity contribution is 1.67. The van der Waals surface area contributed by atoms with Gasteiger partial charge in [-0.1, -0.05) is 30.9 Å². The van der Waals surface area contributed by atoms with E-state index in [9.17, 15) is 0 Å². The summed E-state index contributed by atoms with van der Waals surface area (Å²) in [6.07, 6.45) is 5.74. The van der Waals surface area contributed by atoms with Crippen molar-refractivity contribution >= 4 is 29.3 Å². The second kappa shape index (κ2) is 6.05. The van der Waals surface area contributed by atoms with Crippen molar-refractivity contribution in [3.05, 3.63) is 24.3 Å². The Morgan fingerprint density at radius 2 is 2.44 bits per heavy atom. The minimum atomic E-state index is 0.982. The van der Waals surface area contributed by atoms with Crippen LogP contribution in [-0.2, 0) is 0 Å². The summed E-state index contributed by atoms with van der Waals surface area (Å²) in [6, 6.07) is 0. The molecule has 0 atom stereocenters. The van der Waals surface area contributed by atoms with Gasteiger partial charge in [0.25, 0.3) is 0 Å². The van der Waals surface area contributed by atoms with Crippen LogP contribution in [0.5, 0.6) is 0 Å². The highest BCUT2D eigenvalue weighted by Gasteiger charge is 1.85. The van der Waals surface area contributed by atoms with Crippen molar-refractivity contribution in [2.75, 3.05) is 12.0 Å². The standard InChI is InChI=1S/C7H10S2/c1-3-4-7(5-8)6-9-2/h3-5H,1,6H2,2H3/b7-4+. The van der Waals surface area contributed by atoms with Crippen LogP contribution in [0, 0.1) is 0 Å². The van der Waals surface area contributed by atoms with Gasteiger partial charge in [-0.15, -0.1) is 0 Å². The molecule has 0 aromatic heterocycles. The van der Waals surface area contributed by atoms with E-state index >= 15 is 0 Å². The van der Waals surface area contributed by atoms with Gasteiger partial charge in [0.05, 0.1) is 0 Å². The molecule has 2 heteroatoms. The summed E-state index contributed by atoms with van der Waals surface area (Å²) in [5.74, 6) is 0.982. The Labute approximate surface area is 66.0 Å². The van der Waals surface area contributed by atoms with Crippen molar-refractivity contribution in [1.82, 2.24) is 0 Å². The molecule has 0 aliphatic rings. The average Bonchev–Trinajstić information content (AvgIpc) is 1.88. The first-order valence-electron chi connectivity index (χ1n) is 2.61. The molecule has 0 bridgehead atoms. The Balaban J connectivity index is 3.80. The predicted molar refractivity (Wildman–Crippen MR) is 50.3 cm³/mol. The van der Waals surface area contributed by atoms with Gasteiger partial charge in [-0.05, 0) is 11.8 Å². The molecule has 0 aliphatic heterocycles. The lowest BCUT2D eigenvalue weighted by Crippen LogP contribution is -1.84. The van der Waals surface area contributed by atoms with Crippen molar-refractivity contribution in [2.45, 2.75) is 0 Å².